The second-order valence-corrected chi connectivity index (χ2v) is 7.71. The molecule has 0 radical (unpaired) electrons. The molecule has 3 amide bonds. The van der Waals surface area contributed by atoms with Crippen LogP contribution in [-0.4, -0.2) is 31.4 Å². The fourth-order valence-corrected chi connectivity index (χ4v) is 4.00. The number of anilines is 3. The first-order valence-corrected chi connectivity index (χ1v) is 10.9. The highest BCUT2D eigenvalue weighted by molar-refractivity contribution is 6.46. The van der Waals surface area contributed by atoms with Gasteiger partial charge in [0.1, 0.15) is 11.4 Å². The van der Waals surface area contributed by atoms with Crippen molar-refractivity contribution in [3.05, 3.63) is 90.1 Å². The second-order valence-electron chi connectivity index (χ2n) is 7.71. The molecule has 0 bridgehead atoms. The Bertz CT molecular complexity index is 1250. The van der Waals surface area contributed by atoms with Gasteiger partial charge in [-0.2, -0.15) is 0 Å². The van der Waals surface area contributed by atoms with Crippen LogP contribution in [0.5, 0.6) is 5.75 Å². The van der Waals surface area contributed by atoms with Crippen molar-refractivity contribution in [1.29, 1.82) is 0 Å². The Labute approximate surface area is 198 Å². The van der Waals surface area contributed by atoms with Crippen molar-refractivity contribution < 1.29 is 19.1 Å². The van der Waals surface area contributed by atoms with Gasteiger partial charge >= 0.3 is 0 Å². The Morgan fingerprint density at radius 2 is 1.56 bits per heavy atom. The third-order valence-corrected chi connectivity index (χ3v) is 5.54. The van der Waals surface area contributed by atoms with Gasteiger partial charge in [0.15, 0.2) is 0 Å². The molecule has 0 spiro atoms. The van der Waals surface area contributed by atoms with Crippen molar-refractivity contribution in [1.82, 2.24) is 0 Å². The molecular formula is C27H25N3O4. The van der Waals surface area contributed by atoms with E-state index in [1.165, 1.54) is 11.8 Å². The Morgan fingerprint density at radius 3 is 2.12 bits per heavy atom. The van der Waals surface area contributed by atoms with Crippen LogP contribution in [-0.2, 0) is 14.4 Å². The first-order chi connectivity index (χ1) is 16.4. The number of ether oxygens (including phenoxy) is 1. The maximum Gasteiger partial charge on any atom is 0.282 e. The number of imide groups is 1. The summed E-state index contributed by atoms with van der Waals surface area (Å²) < 4.78 is 5.21. The Balaban J connectivity index is 1.84. The molecule has 1 heterocycles. The fraction of sp³-hybridized carbons (Fsp3) is 0.148. The van der Waals surface area contributed by atoms with E-state index in [2.05, 4.69) is 5.32 Å². The zero-order chi connectivity index (χ0) is 24.2. The van der Waals surface area contributed by atoms with Crippen LogP contribution >= 0.6 is 0 Å². The van der Waals surface area contributed by atoms with E-state index in [0.29, 0.717) is 40.5 Å². The second kappa shape index (κ2) is 9.62. The molecule has 0 saturated carbocycles. The van der Waals surface area contributed by atoms with Crippen LogP contribution in [0.4, 0.5) is 17.1 Å². The zero-order valence-corrected chi connectivity index (χ0v) is 19.2. The molecule has 4 rings (SSSR count). The summed E-state index contributed by atoms with van der Waals surface area (Å²) in [5.74, 6) is -0.371. The lowest BCUT2D eigenvalue weighted by Gasteiger charge is -2.25. The number of likely N-dealkylation sites (N-methyl/N-ethyl adjacent to an activating group) is 1. The van der Waals surface area contributed by atoms with E-state index in [4.69, 9.17) is 4.74 Å². The molecule has 3 aromatic carbocycles. The van der Waals surface area contributed by atoms with Crippen molar-refractivity contribution in [3.63, 3.8) is 0 Å². The lowest BCUT2D eigenvalue weighted by atomic mass is 10.0. The third-order valence-electron chi connectivity index (χ3n) is 5.54. The van der Waals surface area contributed by atoms with E-state index in [-0.39, 0.29) is 5.91 Å². The van der Waals surface area contributed by atoms with Crippen molar-refractivity contribution in [2.24, 2.45) is 0 Å². The number of nitrogens with one attached hydrogen (secondary N) is 1. The van der Waals surface area contributed by atoms with Crippen molar-refractivity contribution >= 4 is 40.4 Å². The molecule has 7 heteroatoms. The van der Waals surface area contributed by atoms with Gasteiger partial charge < -0.3 is 15.0 Å². The van der Waals surface area contributed by atoms with E-state index in [9.17, 15) is 14.4 Å². The summed E-state index contributed by atoms with van der Waals surface area (Å²) in [6, 6.07) is 23.2. The Morgan fingerprint density at radius 1 is 0.912 bits per heavy atom. The quantitative estimate of drug-likeness (QED) is 0.532. The maximum absolute atomic E-state index is 13.8. The first-order valence-electron chi connectivity index (χ1n) is 10.9. The van der Waals surface area contributed by atoms with Gasteiger partial charge in [0.05, 0.1) is 18.4 Å². The molecule has 0 saturated heterocycles. The molecule has 1 aliphatic rings. The van der Waals surface area contributed by atoms with Crippen molar-refractivity contribution in [2.45, 2.75) is 13.8 Å². The minimum atomic E-state index is -0.410. The van der Waals surface area contributed by atoms with Gasteiger partial charge in [0.2, 0.25) is 5.91 Å². The van der Waals surface area contributed by atoms with Crippen LogP contribution in [0.3, 0.4) is 0 Å². The monoisotopic (exact) mass is 455 g/mol. The average Bonchev–Trinajstić information content (AvgIpc) is 3.10. The van der Waals surface area contributed by atoms with E-state index >= 15 is 0 Å². The molecular weight excluding hydrogens is 430 g/mol. The fourth-order valence-electron chi connectivity index (χ4n) is 4.00. The molecule has 0 atom stereocenters. The summed E-state index contributed by atoms with van der Waals surface area (Å²) in [6.45, 7) is 3.85. The predicted octanol–water partition coefficient (Wildman–Crippen LogP) is 4.46. The molecule has 3 aromatic rings. The maximum atomic E-state index is 13.8. The van der Waals surface area contributed by atoms with Crippen molar-refractivity contribution in [2.75, 3.05) is 28.8 Å². The average molecular weight is 456 g/mol. The van der Waals surface area contributed by atoms with E-state index in [0.717, 1.165) is 5.69 Å². The van der Waals surface area contributed by atoms with Gasteiger partial charge in [-0.3, -0.25) is 14.4 Å². The number of para-hydroxylation sites is 1. The van der Waals surface area contributed by atoms with Gasteiger partial charge in [-0.05, 0) is 61.0 Å². The molecule has 0 fully saturated rings. The molecule has 1 aliphatic heterocycles. The lowest BCUT2D eigenvalue weighted by molar-refractivity contribution is -0.120. The number of amides is 3. The topological polar surface area (TPSA) is 79.0 Å². The van der Waals surface area contributed by atoms with E-state index < -0.39 is 11.8 Å². The third kappa shape index (κ3) is 4.28. The molecule has 0 aliphatic carbocycles. The van der Waals surface area contributed by atoms with Gasteiger partial charge in [-0.25, -0.2) is 4.90 Å². The van der Waals surface area contributed by atoms with Crippen LogP contribution in [0.1, 0.15) is 19.4 Å². The summed E-state index contributed by atoms with van der Waals surface area (Å²) in [5, 5.41) is 2.72. The number of hydrogen-bond donors (Lipinski definition) is 1. The largest absolute Gasteiger partial charge is 0.497 e. The van der Waals surface area contributed by atoms with Crippen LogP contribution in [0.25, 0.3) is 5.57 Å². The molecule has 0 unspecified atom stereocenters. The lowest BCUT2D eigenvalue weighted by Crippen LogP contribution is -2.35. The number of methoxy groups -OCH3 is 1. The predicted molar refractivity (Wildman–Crippen MR) is 133 cm³/mol. The van der Waals surface area contributed by atoms with Gasteiger partial charge in [-0.1, -0.05) is 30.3 Å². The van der Waals surface area contributed by atoms with Crippen molar-refractivity contribution in [3.8, 4) is 5.75 Å². The summed E-state index contributed by atoms with van der Waals surface area (Å²) in [6.07, 6.45) is 0. The molecule has 1 N–H and O–H groups in total. The SMILES string of the molecule is CCN(C1=C(c2ccc(NC(C)=O)cc2)C(=O)N(c2ccc(OC)cc2)C1=O)c1ccccc1. The van der Waals surface area contributed by atoms with Gasteiger partial charge in [-0.15, -0.1) is 0 Å². The standard InChI is InChI=1S/C27H25N3O4/c1-4-29(21-8-6-5-7-9-21)25-24(19-10-12-20(13-11-19)28-18(2)31)26(32)30(27(25)33)22-14-16-23(34-3)17-15-22/h5-17H,4H2,1-3H3,(H,28,31). The first kappa shape index (κ1) is 22.8. The highest BCUT2D eigenvalue weighted by Gasteiger charge is 2.42. The summed E-state index contributed by atoms with van der Waals surface area (Å²) in [5.41, 5.74) is 3.08. The van der Waals surface area contributed by atoms with Crippen LogP contribution in [0.2, 0.25) is 0 Å². The molecule has 7 nitrogen and oxygen atoms in total. The number of carbonyl (C=O) groups is 3. The zero-order valence-electron chi connectivity index (χ0n) is 19.2. The number of benzene rings is 3. The number of carbonyl (C=O) groups excluding carboxylic acids is 3. The summed E-state index contributed by atoms with van der Waals surface area (Å²) in [7, 11) is 1.56. The van der Waals surface area contributed by atoms with Crippen LogP contribution in [0, 0.1) is 0 Å². The molecule has 34 heavy (non-hydrogen) atoms. The number of rotatable bonds is 7. The highest BCUT2D eigenvalue weighted by atomic mass is 16.5. The minimum absolute atomic E-state index is 0.188. The Hall–Kier alpha value is -4.39. The van der Waals surface area contributed by atoms with Gasteiger partial charge in [0.25, 0.3) is 11.8 Å². The van der Waals surface area contributed by atoms with Crippen LogP contribution < -0.4 is 19.9 Å². The van der Waals surface area contributed by atoms with Crippen LogP contribution in [0.15, 0.2) is 84.6 Å². The van der Waals surface area contributed by atoms with Gasteiger partial charge in [0, 0.05) is 24.8 Å². The molecule has 172 valence electrons. The highest BCUT2D eigenvalue weighted by Crippen LogP contribution is 2.37. The number of nitrogens with zero attached hydrogens (tertiary/aromatic N) is 2. The number of hydrogen-bond acceptors (Lipinski definition) is 5. The smallest absolute Gasteiger partial charge is 0.282 e. The summed E-state index contributed by atoms with van der Waals surface area (Å²) >= 11 is 0. The normalized spacial score (nSPS) is 13.3. The van der Waals surface area contributed by atoms with E-state index in [1.807, 2.05) is 42.2 Å². The molecule has 0 aromatic heterocycles. The van der Waals surface area contributed by atoms with E-state index in [1.54, 1.807) is 55.6 Å². The summed E-state index contributed by atoms with van der Waals surface area (Å²) in [4.78, 5) is 41.9. The Kier molecular flexibility index (Phi) is 6.45. The minimum Gasteiger partial charge on any atom is -0.497 e.